The molecule has 0 fully saturated rings. The lowest BCUT2D eigenvalue weighted by Gasteiger charge is -2.11. The third kappa shape index (κ3) is 5.86. The van der Waals surface area contributed by atoms with E-state index in [1.165, 1.54) is 26.2 Å². The van der Waals surface area contributed by atoms with Gasteiger partial charge in [-0.25, -0.2) is 4.79 Å². The second kappa shape index (κ2) is 9.30. The first-order valence-electron chi connectivity index (χ1n) is 7.01. The zero-order valence-corrected chi connectivity index (χ0v) is 13.5. The third-order valence-electron chi connectivity index (χ3n) is 2.92. The number of esters is 1. The molecule has 0 aliphatic carbocycles. The summed E-state index contributed by atoms with van der Waals surface area (Å²) in [5, 5.41) is 2.55. The molecular formula is C17H21NO5. The average molecular weight is 319 g/mol. The zero-order chi connectivity index (χ0) is 17.2. The van der Waals surface area contributed by atoms with Crippen LogP contribution in [-0.2, 0) is 14.3 Å². The van der Waals surface area contributed by atoms with Gasteiger partial charge >= 0.3 is 5.97 Å². The van der Waals surface area contributed by atoms with Crippen LogP contribution in [0.3, 0.4) is 0 Å². The maximum atomic E-state index is 11.8. The molecular weight excluding hydrogens is 298 g/mol. The second-order valence-electron chi connectivity index (χ2n) is 4.55. The van der Waals surface area contributed by atoms with E-state index >= 15 is 0 Å². The van der Waals surface area contributed by atoms with Crippen molar-refractivity contribution in [3.63, 3.8) is 0 Å². The van der Waals surface area contributed by atoms with Crippen molar-refractivity contribution in [2.45, 2.75) is 13.0 Å². The van der Waals surface area contributed by atoms with Gasteiger partial charge in [-0.3, -0.25) is 4.79 Å². The predicted molar refractivity (Wildman–Crippen MR) is 87.3 cm³/mol. The molecule has 1 amide bonds. The molecule has 0 radical (unpaired) electrons. The largest absolute Gasteiger partial charge is 0.497 e. The minimum atomic E-state index is -0.890. The first-order chi connectivity index (χ1) is 11.0. The highest BCUT2D eigenvalue weighted by Crippen LogP contribution is 2.25. The Bertz CT molecular complexity index is 595. The van der Waals surface area contributed by atoms with E-state index in [-0.39, 0.29) is 5.91 Å². The van der Waals surface area contributed by atoms with Crippen LogP contribution in [0.4, 0.5) is 0 Å². The lowest BCUT2D eigenvalue weighted by molar-refractivity contribution is -0.150. The van der Waals surface area contributed by atoms with Gasteiger partial charge in [0.1, 0.15) is 11.5 Å². The van der Waals surface area contributed by atoms with E-state index in [0.717, 1.165) is 0 Å². The van der Waals surface area contributed by atoms with Gasteiger partial charge in [0, 0.05) is 18.2 Å². The minimum Gasteiger partial charge on any atom is -0.497 e. The van der Waals surface area contributed by atoms with Gasteiger partial charge in [-0.15, -0.1) is 6.58 Å². The minimum absolute atomic E-state index is 0.317. The normalized spacial score (nSPS) is 11.6. The second-order valence-corrected chi connectivity index (χ2v) is 4.55. The molecule has 6 heteroatoms. The molecule has 1 aromatic rings. The Morgan fingerprint density at radius 3 is 2.65 bits per heavy atom. The SMILES string of the molecule is C=CCNC(=O)C(C)OC(=O)/C=C/c1cc(OC)ccc1OC. The van der Waals surface area contributed by atoms with Gasteiger partial charge in [0.25, 0.3) is 5.91 Å². The first kappa shape index (κ1) is 18.3. The molecule has 0 aliphatic rings. The van der Waals surface area contributed by atoms with E-state index in [1.807, 2.05) is 0 Å². The Morgan fingerprint density at radius 2 is 2.04 bits per heavy atom. The van der Waals surface area contributed by atoms with Gasteiger partial charge in [-0.2, -0.15) is 0 Å². The Morgan fingerprint density at radius 1 is 1.30 bits per heavy atom. The standard InChI is InChI=1S/C17H21NO5/c1-5-10-18-17(20)12(2)23-16(19)9-6-13-11-14(21-3)7-8-15(13)22-4/h5-9,11-12H,1,10H2,2-4H3,(H,18,20)/b9-6+. The lowest BCUT2D eigenvalue weighted by atomic mass is 10.1. The van der Waals surface area contributed by atoms with Crippen LogP contribution in [0.25, 0.3) is 6.08 Å². The summed E-state index contributed by atoms with van der Waals surface area (Å²) < 4.78 is 15.4. The summed E-state index contributed by atoms with van der Waals surface area (Å²) in [7, 11) is 3.08. The number of carbonyl (C=O) groups excluding carboxylic acids is 2. The maximum absolute atomic E-state index is 11.8. The van der Waals surface area contributed by atoms with Gasteiger partial charge in [0.2, 0.25) is 0 Å². The Hall–Kier alpha value is -2.76. The number of amides is 1. The number of hydrogen-bond acceptors (Lipinski definition) is 5. The lowest BCUT2D eigenvalue weighted by Crippen LogP contribution is -2.35. The molecule has 1 unspecified atom stereocenters. The maximum Gasteiger partial charge on any atom is 0.331 e. The molecule has 1 atom stereocenters. The predicted octanol–water partition coefficient (Wildman–Crippen LogP) is 1.95. The van der Waals surface area contributed by atoms with Crippen molar-refractivity contribution >= 4 is 18.0 Å². The number of hydrogen-bond donors (Lipinski definition) is 1. The van der Waals surface area contributed by atoms with Crippen molar-refractivity contribution < 1.29 is 23.8 Å². The first-order valence-corrected chi connectivity index (χ1v) is 7.01. The van der Waals surface area contributed by atoms with Crippen LogP contribution in [0.15, 0.2) is 36.9 Å². The van der Waals surface area contributed by atoms with Crippen molar-refractivity contribution in [1.29, 1.82) is 0 Å². The molecule has 0 bridgehead atoms. The van der Waals surface area contributed by atoms with E-state index in [2.05, 4.69) is 11.9 Å². The zero-order valence-electron chi connectivity index (χ0n) is 13.5. The summed E-state index contributed by atoms with van der Waals surface area (Å²) in [6.45, 7) is 5.30. The molecule has 124 valence electrons. The van der Waals surface area contributed by atoms with Crippen molar-refractivity contribution in [2.24, 2.45) is 0 Å². The molecule has 1 rings (SSSR count). The molecule has 23 heavy (non-hydrogen) atoms. The van der Waals surface area contributed by atoms with E-state index in [0.29, 0.717) is 23.6 Å². The highest BCUT2D eigenvalue weighted by Gasteiger charge is 2.15. The van der Waals surface area contributed by atoms with Crippen LogP contribution in [0, 0.1) is 0 Å². The smallest absolute Gasteiger partial charge is 0.331 e. The number of rotatable bonds is 8. The van der Waals surface area contributed by atoms with Crippen molar-refractivity contribution in [3.8, 4) is 11.5 Å². The Kier molecular flexibility index (Phi) is 7.39. The van der Waals surface area contributed by atoms with Crippen molar-refractivity contribution in [3.05, 3.63) is 42.5 Å². The van der Waals surface area contributed by atoms with E-state index in [4.69, 9.17) is 14.2 Å². The number of ether oxygens (including phenoxy) is 3. The molecule has 0 aromatic heterocycles. The van der Waals surface area contributed by atoms with E-state index < -0.39 is 12.1 Å². The molecule has 1 aromatic carbocycles. The highest BCUT2D eigenvalue weighted by atomic mass is 16.5. The molecule has 0 aliphatic heterocycles. The summed E-state index contributed by atoms with van der Waals surface area (Å²) in [6, 6.07) is 5.21. The summed E-state index contributed by atoms with van der Waals surface area (Å²) in [5.41, 5.74) is 0.660. The highest BCUT2D eigenvalue weighted by molar-refractivity contribution is 5.90. The van der Waals surface area contributed by atoms with Crippen LogP contribution in [-0.4, -0.2) is 38.7 Å². The van der Waals surface area contributed by atoms with E-state index in [1.54, 1.807) is 31.4 Å². The molecule has 0 heterocycles. The number of methoxy groups -OCH3 is 2. The Balaban J connectivity index is 2.71. The summed E-state index contributed by atoms with van der Waals surface area (Å²) >= 11 is 0. The number of nitrogens with one attached hydrogen (secondary N) is 1. The van der Waals surface area contributed by atoms with Gasteiger partial charge in [-0.1, -0.05) is 6.08 Å². The third-order valence-corrected chi connectivity index (χ3v) is 2.92. The van der Waals surface area contributed by atoms with Gasteiger partial charge in [0.05, 0.1) is 14.2 Å². The number of carbonyl (C=O) groups is 2. The summed E-state index contributed by atoms with van der Waals surface area (Å²) in [6.07, 6.45) is 3.42. The summed E-state index contributed by atoms with van der Waals surface area (Å²) in [5.74, 6) is 0.212. The van der Waals surface area contributed by atoms with Crippen LogP contribution >= 0.6 is 0 Å². The fourth-order valence-corrected chi connectivity index (χ4v) is 1.71. The molecule has 0 saturated heterocycles. The Labute approximate surface area is 135 Å². The van der Waals surface area contributed by atoms with Gasteiger partial charge in [0.15, 0.2) is 6.10 Å². The van der Waals surface area contributed by atoms with Crippen LogP contribution in [0.1, 0.15) is 12.5 Å². The average Bonchev–Trinajstić information content (AvgIpc) is 2.57. The van der Waals surface area contributed by atoms with Crippen LogP contribution in [0.2, 0.25) is 0 Å². The fourth-order valence-electron chi connectivity index (χ4n) is 1.71. The fraction of sp³-hybridized carbons (Fsp3) is 0.294. The van der Waals surface area contributed by atoms with Crippen molar-refractivity contribution in [2.75, 3.05) is 20.8 Å². The summed E-state index contributed by atoms with van der Waals surface area (Å²) in [4.78, 5) is 23.4. The molecule has 1 N–H and O–H groups in total. The quantitative estimate of drug-likeness (QED) is 0.450. The topological polar surface area (TPSA) is 73.9 Å². The van der Waals surface area contributed by atoms with Crippen LogP contribution < -0.4 is 14.8 Å². The molecule has 6 nitrogen and oxygen atoms in total. The molecule has 0 saturated carbocycles. The number of benzene rings is 1. The monoisotopic (exact) mass is 319 g/mol. The van der Waals surface area contributed by atoms with Crippen molar-refractivity contribution in [1.82, 2.24) is 5.32 Å². The van der Waals surface area contributed by atoms with Gasteiger partial charge < -0.3 is 19.5 Å². The van der Waals surface area contributed by atoms with Gasteiger partial charge in [-0.05, 0) is 31.2 Å². The molecule has 0 spiro atoms. The van der Waals surface area contributed by atoms with Crippen LogP contribution in [0.5, 0.6) is 11.5 Å². The van der Waals surface area contributed by atoms with E-state index in [9.17, 15) is 9.59 Å².